The van der Waals surface area contributed by atoms with Crippen molar-refractivity contribution in [1.29, 1.82) is 0 Å². The number of aliphatic hydroxyl groups excluding tert-OH is 1. The lowest BCUT2D eigenvalue weighted by Gasteiger charge is -2.38. The van der Waals surface area contributed by atoms with Gasteiger partial charge in [0.05, 0.1) is 12.4 Å². The number of aromatic amines is 1. The maximum atomic E-state index is 9.68. The van der Waals surface area contributed by atoms with Crippen molar-refractivity contribution in [2.24, 2.45) is 5.92 Å². The van der Waals surface area contributed by atoms with Gasteiger partial charge in [-0.05, 0) is 30.9 Å². The summed E-state index contributed by atoms with van der Waals surface area (Å²) in [5.74, 6) is 1.18. The summed E-state index contributed by atoms with van der Waals surface area (Å²) in [6.07, 6.45) is 5.44. The van der Waals surface area contributed by atoms with Crippen LogP contribution < -0.4 is 11.1 Å². The fourth-order valence-electron chi connectivity index (χ4n) is 3.17. The summed E-state index contributed by atoms with van der Waals surface area (Å²) in [6, 6.07) is 5.98. The number of rotatable bonds is 5. The molecule has 1 saturated carbocycles. The zero-order valence-corrected chi connectivity index (χ0v) is 13.1. The van der Waals surface area contributed by atoms with Crippen molar-refractivity contribution in [2.45, 2.75) is 31.4 Å². The molecule has 1 aliphatic carbocycles. The van der Waals surface area contributed by atoms with Gasteiger partial charge in [0.2, 0.25) is 5.95 Å². The first-order chi connectivity index (χ1) is 11.7. The molecule has 0 bridgehead atoms. The van der Waals surface area contributed by atoms with Crippen LogP contribution in [0.4, 0.5) is 11.8 Å². The second-order valence-corrected chi connectivity index (χ2v) is 6.19. The van der Waals surface area contributed by atoms with Crippen molar-refractivity contribution in [3.05, 3.63) is 36.4 Å². The molecule has 0 spiro atoms. The number of fused-ring (bicyclic) bond motifs is 1. The van der Waals surface area contributed by atoms with E-state index >= 15 is 0 Å². The number of H-pyrrole nitrogens is 1. The highest BCUT2D eigenvalue weighted by molar-refractivity contribution is 5.83. The number of imidazole rings is 1. The number of nitrogens with two attached hydrogens (primary N) is 1. The van der Waals surface area contributed by atoms with E-state index < -0.39 is 0 Å². The number of hydrogen-bond donors (Lipinski definition) is 4. The van der Waals surface area contributed by atoms with Gasteiger partial charge in [-0.1, -0.05) is 6.07 Å². The first kappa shape index (κ1) is 14.8. The maximum Gasteiger partial charge on any atom is 0.224 e. The average Bonchev–Trinajstić information content (AvgIpc) is 3.00. The van der Waals surface area contributed by atoms with Crippen LogP contribution in [0.5, 0.6) is 0 Å². The molecule has 0 saturated heterocycles. The lowest BCUT2D eigenvalue weighted by Crippen LogP contribution is -2.42. The molecule has 1 aliphatic rings. The first-order valence-corrected chi connectivity index (χ1v) is 8.00. The van der Waals surface area contributed by atoms with Crippen LogP contribution in [0, 0.1) is 5.92 Å². The van der Waals surface area contributed by atoms with Crippen LogP contribution in [0.15, 0.2) is 30.7 Å². The minimum atomic E-state index is -0.217. The molecule has 0 radical (unpaired) electrons. The van der Waals surface area contributed by atoms with E-state index in [1.54, 1.807) is 12.5 Å². The van der Waals surface area contributed by atoms with Gasteiger partial charge in [-0.2, -0.15) is 9.97 Å². The number of nitrogens with zero attached hydrogens (tertiary/aromatic N) is 4. The van der Waals surface area contributed by atoms with Crippen LogP contribution in [0.3, 0.4) is 0 Å². The highest BCUT2D eigenvalue weighted by Crippen LogP contribution is 2.33. The van der Waals surface area contributed by atoms with Gasteiger partial charge in [-0.15, -0.1) is 0 Å². The second kappa shape index (κ2) is 6.04. The molecule has 3 heterocycles. The van der Waals surface area contributed by atoms with Crippen LogP contribution >= 0.6 is 0 Å². The highest BCUT2D eigenvalue weighted by atomic mass is 16.3. The second-order valence-electron chi connectivity index (χ2n) is 6.19. The topological polar surface area (TPSA) is 126 Å². The molecule has 24 heavy (non-hydrogen) atoms. The summed E-state index contributed by atoms with van der Waals surface area (Å²) in [6.45, 7) is 0. The van der Waals surface area contributed by atoms with Crippen molar-refractivity contribution in [3.8, 4) is 0 Å². The van der Waals surface area contributed by atoms with Crippen molar-refractivity contribution in [2.75, 3.05) is 11.1 Å². The molecule has 1 atom stereocenters. The Labute approximate surface area is 138 Å². The predicted molar refractivity (Wildman–Crippen MR) is 90.2 cm³/mol. The zero-order chi connectivity index (χ0) is 16.5. The van der Waals surface area contributed by atoms with Crippen molar-refractivity contribution in [3.63, 3.8) is 0 Å². The number of anilines is 2. The lowest BCUT2D eigenvalue weighted by molar-refractivity contribution is 0.0341. The quantitative estimate of drug-likeness (QED) is 0.554. The Morgan fingerprint density at radius 2 is 2.17 bits per heavy atom. The minimum Gasteiger partial charge on any atom is -0.393 e. The van der Waals surface area contributed by atoms with Gasteiger partial charge < -0.3 is 21.1 Å². The molecule has 3 aromatic rings. The Bertz CT molecular complexity index is 829. The molecule has 4 rings (SSSR count). The predicted octanol–water partition coefficient (Wildman–Crippen LogP) is 1.12. The van der Waals surface area contributed by atoms with Gasteiger partial charge in [-0.25, -0.2) is 4.98 Å². The summed E-state index contributed by atoms with van der Waals surface area (Å²) < 4.78 is 0. The normalized spacial score (nSPS) is 21.4. The third-order valence-corrected chi connectivity index (χ3v) is 4.50. The van der Waals surface area contributed by atoms with Crippen LogP contribution in [0.2, 0.25) is 0 Å². The fourth-order valence-corrected chi connectivity index (χ4v) is 3.17. The van der Waals surface area contributed by atoms with Gasteiger partial charge in [0, 0.05) is 24.4 Å². The summed E-state index contributed by atoms with van der Waals surface area (Å²) in [7, 11) is 0. The standard InChI is InChI=1S/C16H19N7O/c17-16-22-14-13(19-8-20-14)15(23-16)21-12(9-5-11(24)6-9)7-10-3-1-2-4-18-10/h1-4,8-9,11-12,24H,5-7H2,(H4,17,19,20,21,22,23). The molecule has 0 aromatic carbocycles. The first-order valence-electron chi connectivity index (χ1n) is 8.00. The number of aromatic nitrogens is 5. The van der Waals surface area contributed by atoms with Gasteiger partial charge in [0.15, 0.2) is 11.5 Å². The number of hydrogen-bond acceptors (Lipinski definition) is 7. The van der Waals surface area contributed by atoms with Crippen LogP contribution in [-0.2, 0) is 6.42 Å². The largest absolute Gasteiger partial charge is 0.393 e. The number of aliphatic hydroxyl groups is 1. The summed E-state index contributed by atoms with van der Waals surface area (Å²) in [5, 5.41) is 13.1. The van der Waals surface area contributed by atoms with Crippen LogP contribution in [0.25, 0.3) is 11.2 Å². The van der Waals surface area contributed by atoms with E-state index in [9.17, 15) is 5.11 Å². The number of nitrogen functional groups attached to an aromatic ring is 1. The summed E-state index contributed by atoms with van der Waals surface area (Å²) in [5.41, 5.74) is 8.06. The smallest absolute Gasteiger partial charge is 0.224 e. The molecule has 124 valence electrons. The van der Waals surface area contributed by atoms with Crippen molar-refractivity contribution >= 4 is 22.9 Å². The van der Waals surface area contributed by atoms with E-state index in [-0.39, 0.29) is 18.1 Å². The third-order valence-electron chi connectivity index (χ3n) is 4.50. The molecule has 1 fully saturated rings. The maximum absolute atomic E-state index is 9.68. The molecule has 0 amide bonds. The zero-order valence-electron chi connectivity index (χ0n) is 13.1. The average molecular weight is 325 g/mol. The van der Waals surface area contributed by atoms with Gasteiger partial charge in [0.25, 0.3) is 0 Å². The van der Waals surface area contributed by atoms with Gasteiger partial charge >= 0.3 is 0 Å². The minimum absolute atomic E-state index is 0.101. The fraction of sp³-hybridized carbons (Fsp3) is 0.375. The van der Waals surface area contributed by atoms with E-state index in [0.29, 0.717) is 17.4 Å². The molecular weight excluding hydrogens is 306 g/mol. The van der Waals surface area contributed by atoms with E-state index in [4.69, 9.17) is 5.73 Å². The number of pyridine rings is 1. The SMILES string of the molecule is Nc1nc(NC(Cc2ccccn2)C2CC(O)C2)c2[nH]cnc2n1. The lowest BCUT2D eigenvalue weighted by atomic mass is 9.76. The van der Waals surface area contributed by atoms with E-state index in [1.807, 2.05) is 18.2 Å². The van der Waals surface area contributed by atoms with Gasteiger partial charge in [-0.3, -0.25) is 4.98 Å². The van der Waals surface area contributed by atoms with Crippen LogP contribution in [0.1, 0.15) is 18.5 Å². The Kier molecular flexibility index (Phi) is 3.73. The Balaban J connectivity index is 1.62. The highest BCUT2D eigenvalue weighted by Gasteiger charge is 2.34. The monoisotopic (exact) mass is 325 g/mol. The molecule has 8 heteroatoms. The Morgan fingerprint density at radius 3 is 2.92 bits per heavy atom. The van der Waals surface area contributed by atoms with E-state index in [2.05, 4.69) is 30.2 Å². The van der Waals surface area contributed by atoms with Crippen molar-refractivity contribution < 1.29 is 5.11 Å². The number of nitrogens with one attached hydrogen (secondary N) is 2. The molecule has 0 aliphatic heterocycles. The molecule has 8 nitrogen and oxygen atoms in total. The molecule has 1 unspecified atom stereocenters. The summed E-state index contributed by atoms with van der Waals surface area (Å²) in [4.78, 5) is 20.0. The Hall–Kier alpha value is -2.74. The molecule has 5 N–H and O–H groups in total. The van der Waals surface area contributed by atoms with E-state index in [1.165, 1.54) is 0 Å². The molecular formula is C16H19N7O. The van der Waals surface area contributed by atoms with E-state index in [0.717, 1.165) is 30.5 Å². The van der Waals surface area contributed by atoms with Crippen molar-refractivity contribution in [1.82, 2.24) is 24.9 Å². The van der Waals surface area contributed by atoms with Crippen LogP contribution in [-0.4, -0.2) is 42.2 Å². The van der Waals surface area contributed by atoms with Gasteiger partial charge in [0.1, 0.15) is 5.52 Å². The third kappa shape index (κ3) is 2.88. The Morgan fingerprint density at radius 1 is 1.29 bits per heavy atom. The molecule has 3 aromatic heterocycles. The summed E-state index contributed by atoms with van der Waals surface area (Å²) >= 11 is 0.